The molecule has 4 rings (SSSR count). The minimum Gasteiger partial charge on any atom is -0.394 e. The molecule has 8 heteroatoms. The third-order valence-corrected chi connectivity index (χ3v) is 10.9. The van der Waals surface area contributed by atoms with E-state index in [0.29, 0.717) is 13.0 Å². The van der Waals surface area contributed by atoms with E-state index < -0.39 is 33.4 Å². The molecule has 0 aliphatic carbocycles. The molecule has 198 valence electrons. The number of nitrogens with one attached hydrogen (secondary N) is 2. The molecule has 3 aliphatic heterocycles. The van der Waals surface area contributed by atoms with E-state index in [9.17, 15) is 19.5 Å². The van der Waals surface area contributed by atoms with E-state index >= 15 is 0 Å². The number of hydrogen-bond acceptors (Lipinski definition) is 5. The van der Waals surface area contributed by atoms with Gasteiger partial charge in [-0.25, -0.2) is 0 Å². The Kier molecular flexibility index (Phi) is 7.50. The molecule has 3 saturated heterocycles. The fourth-order valence-corrected chi connectivity index (χ4v) is 9.14. The molecule has 0 radical (unpaired) electrons. The Morgan fingerprint density at radius 1 is 1.19 bits per heavy atom. The predicted octanol–water partition coefficient (Wildman–Crippen LogP) is 3.66. The fourth-order valence-electron chi connectivity index (χ4n) is 6.80. The number of aliphatic hydroxyl groups is 1. The largest absolute Gasteiger partial charge is 0.394 e. The Bertz CT molecular complexity index is 1030. The van der Waals surface area contributed by atoms with Crippen molar-refractivity contribution in [1.82, 2.24) is 10.2 Å². The van der Waals surface area contributed by atoms with Crippen molar-refractivity contribution in [2.45, 2.75) is 88.8 Å². The van der Waals surface area contributed by atoms with Gasteiger partial charge in [0.2, 0.25) is 17.7 Å². The van der Waals surface area contributed by atoms with E-state index in [2.05, 4.69) is 17.6 Å². The zero-order chi connectivity index (χ0) is 26.4. The summed E-state index contributed by atoms with van der Waals surface area (Å²) in [6.07, 6.45) is 3.06. The molecule has 3 aliphatic rings. The molecule has 0 saturated carbocycles. The van der Waals surface area contributed by atoms with E-state index in [1.807, 2.05) is 52.8 Å². The summed E-state index contributed by atoms with van der Waals surface area (Å²) in [5, 5.41) is 16.6. The summed E-state index contributed by atoms with van der Waals surface area (Å²) < 4.78 is -1.09. The third kappa shape index (κ3) is 4.05. The number of para-hydroxylation sites is 1. The maximum atomic E-state index is 14.3. The SMILES string of the molecule is CCCNC(=O)[C@H]1[C@H]2C(=O)N([C@@H](CO)[C@@H](C)CC)C(C(=O)Nc3c(C)cccc3C)C23CC[C@]1(C)S3. The highest BCUT2D eigenvalue weighted by molar-refractivity contribution is 8.02. The number of anilines is 1. The Hall–Kier alpha value is -2.06. The van der Waals surface area contributed by atoms with Crippen molar-refractivity contribution < 1.29 is 19.5 Å². The summed E-state index contributed by atoms with van der Waals surface area (Å²) in [6, 6.07) is 4.64. The second kappa shape index (κ2) is 10.0. The highest BCUT2D eigenvalue weighted by Crippen LogP contribution is 2.71. The number of carbonyl (C=O) groups excluding carboxylic acids is 3. The minimum atomic E-state index is -0.754. The van der Waals surface area contributed by atoms with Crippen molar-refractivity contribution in [2.24, 2.45) is 17.8 Å². The zero-order valence-corrected chi connectivity index (χ0v) is 23.2. The van der Waals surface area contributed by atoms with Gasteiger partial charge in [-0.1, -0.05) is 45.4 Å². The molecule has 1 aromatic rings. The fraction of sp³-hybridized carbons (Fsp3) is 0.679. The first kappa shape index (κ1) is 27.0. The number of benzene rings is 1. The zero-order valence-electron chi connectivity index (χ0n) is 22.4. The molecule has 3 heterocycles. The Balaban J connectivity index is 1.80. The Labute approximate surface area is 219 Å². The molecular weight excluding hydrogens is 474 g/mol. The number of fused-ring (bicyclic) bond motifs is 1. The lowest BCUT2D eigenvalue weighted by Gasteiger charge is -2.39. The maximum Gasteiger partial charge on any atom is 0.248 e. The Morgan fingerprint density at radius 2 is 1.86 bits per heavy atom. The number of nitrogens with zero attached hydrogens (tertiary/aromatic N) is 1. The van der Waals surface area contributed by atoms with Gasteiger partial charge in [0.25, 0.3) is 0 Å². The number of aryl methyl sites for hydroxylation is 2. The van der Waals surface area contributed by atoms with Crippen LogP contribution in [0.2, 0.25) is 0 Å². The standard InChI is InChI=1S/C28H41N3O4S/c1-7-14-29-24(33)20-21-26(35)31(19(15-32)16(3)8-2)23(28(21)13-12-27(20,6)36-28)25(34)30-22-17(4)10-9-11-18(22)5/h9-11,16,19-21,23,32H,7-8,12-15H2,1-6H3,(H,29,33)(H,30,34)/t16-,19-,20+,21-,23?,27-,28?/m0/s1. The van der Waals surface area contributed by atoms with Gasteiger partial charge in [0, 0.05) is 17.0 Å². The van der Waals surface area contributed by atoms with Crippen molar-refractivity contribution in [3.63, 3.8) is 0 Å². The molecule has 7 nitrogen and oxygen atoms in total. The normalized spacial score (nSPS) is 32.4. The van der Waals surface area contributed by atoms with Crippen LogP contribution in [0.5, 0.6) is 0 Å². The van der Waals surface area contributed by atoms with Gasteiger partial charge in [-0.05, 0) is 57.1 Å². The second-order valence-electron chi connectivity index (χ2n) is 11.2. The highest BCUT2D eigenvalue weighted by Gasteiger charge is 2.77. The first-order chi connectivity index (χ1) is 17.1. The van der Waals surface area contributed by atoms with E-state index in [0.717, 1.165) is 36.1 Å². The van der Waals surface area contributed by atoms with Crippen LogP contribution in [0.3, 0.4) is 0 Å². The topological polar surface area (TPSA) is 98.7 Å². The highest BCUT2D eigenvalue weighted by atomic mass is 32.2. The van der Waals surface area contributed by atoms with Gasteiger partial charge in [-0.15, -0.1) is 11.8 Å². The minimum absolute atomic E-state index is 0.00910. The van der Waals surface area contributed by atoms with Crippen LogP contribution in [0.15, 0.2) is 18.2 Å². The van der Waals surface area contributed by atoms with Crippen LogP contribution < -0.4 is 10.6 Å². The number of rotatable bonds is 9. The number of amides is 3. The third-order valence-electron chi connectivity index (χ3n) is 8.87. The van der Waals surface area contributed by atoms with E-state index in [4.69, 9.17) is 0 Å². The second-order valence-corrected chi connectivity index (χ2v) is 13.1. The van der Waals surface area contributed by atoms with E-state index in [1.165, 1.54) is 0 Å². The van der Waals surface area contributed by atoms with Gasteiger partial charge in [0.05, 0.1) is 29.2 Å². The lowest BCUT2D eigenvalue weighted by atomic mass is 9.66. The average Bonchev–Trinajstić information content (AvgIpc) is 3.41. The number of likely N-dealkylation sites (tertiary alicyclic amines) is 1. The quantitative estimate of drug-likeness (QED) is 0.466. The molecule has 3 fully saturated rings. The summed E-state index contributed by atoms with van der Waals surface area (Å²) in [4.78, 5) is 43.5. The van der Waals surface area contributed by atoms with E-state index in [1.54, 1.807) is 16.7 Å². The molecule has 0 aromatic heterocycles. The number of aliphatic hydroxyl groups excluding tert-OH is 1. The number of thioether (sulfide) groups is 1. The summed E-state index contributed by atoms with van der Waals surface area (Å²) in [7, 11) is 0. The molecular formula is C28H41N3O4S. The monoisotopic (exact) mass is 515 g/mol. The first-order valence-electron chi connectivity index (χ1n) is 13.3. The Morgan fingerprint density at radius 3 is 2.44 bits per heavy atom. The van der Waals surface area contributed by atoms with Gasteiger partial charge < -0.3 is 20.6 Å². The van der Waals surface area contributed by atoms with Gasteiger partial charge in [-0.2, -0.15) is 0 Å². The van der Waals surface area contributed by atoms with Crippen LogP contribution in [-0.4, -0.2) is 62.5 Å². The van der Waals surface area contributed by atoms with E-state index in [-0.39, 0.29) is 30.2 Å². The summed E-state index contributed by atoms with van der Waals surface area (Å²) >= 11 is 1.67. The molecule has 2 unspecified atom stereocenters. The molecule has 3 N–H and O–H groups in total. The molecule has 2 bridgehead atoms. The van der Waals surface area contributed by atoms with Crippen LogP contribution in [0, 0.1) is 31.6 Å². The predicted molar refractivity (Wildman–Crippen MR) is 144 cm³/mol. The average molecular weight is 516 g/mol. The summed E-state index contributed by atoms with van der Waals surface area (Å²) in [5.74, 6) is -1.54. The van der Waals surface area contributed by atoms with Crippen molar-refractivity contribution in [3.8, 4) is 0 Å². The lowest BCUT2D eigenvalue weighted by molar-refractivity contribution is -0.143. The number of carbonyl (C=O) groups is 3. The smallest absolute Gasteiger partial charge is 0.248 e. The first-order valence-corrected chi connectivity index (χ1v) is 14.2. The van der Waals surface area contributed by atoms with Gasteiger partial charge >= 0.3 is 0 Å². The lowest BCUT2D eigenvalue weighted by Crippen LogP contribution is -2.56. The van der Waals surface area contributed by atoms with Crippen molar-refractivity contribution in [2.75, 3.05) is 18.5 Å². The molecule has 7 atom stereocenters. The summed E-state index contributed by atoms with van der Waals surface area (Å²) in [6.45, 7) is 12.4. The van der Waals surface area contributed by atoms with Gasteiger partial charge in [-0.3, -0.25) is 14.4 Å². The van der Waals surface area contributed by atoms with Gasteiger partial charge in [0.1, 0.15) is 6.04 Å². The van der Waals surface area contributed by atoms with Crippen molar-refractivity contribution in [1.29, 1.82) is 0 Å². The van der Waals surface area contributed by atoms with Crippen LogP contribution >= 0.6 is 11.8 Å². The van der Waals surface area contributed by atoms with Crippen LogP contribution in [0.4, 0.5) is 5.69 Å². The van der Waals surface area contributed by atoms with Crippen LogP contribution in [0.1, 0.15) is 64.5 Å². The van der Waals surface area contributed by atoms with Gasteiger partial charge in [0.15, 0.2) is 0 Å². The molecule has 36 heavy (non-hydrogen) atoms. The van der Waals surface area contributed by atoms with Crippen LogP contribution in [0.25, 0.3) is 0 Å². The van der Waals surface area contributed by atoms with Crippen LogP contribution in [-0.2, 0) is 14.4 Å². The maximum absolute atomic E-state index is 14.3. The molecule has 1 aromatic carbocycles. The van der Waals surface area contributed by atoms with Crippen molar-refractivity contribution in [3.05, 3.63) is 29.3 Å². The molecule has 1 spiro atoms. The number of hydrogen-bond donors (Lipinski definition) is 3. The summed E-state index contributed by atoms with van der Waals surface area (Å²) in [5.41, 5.74) is 2.68. The molecule has 3 amide bonds. The van der Waals surface area contributed by atoms with Crippen molar-refractivity contribution >= 4 is 35.2 Å².